The second-order valence-corrected chi connectivity index (χ2v) is 4.59. The van der Waals surface area contributed by atoms with Crippen LogP contribution in [-0.2, 0) is 13.1 Å². The number of halogens is 1. The van der Waals surface area contributed by atoms with Crippen LogP contribution in [0.25, 0.3) is 11.0 Å². The monoisotopic (exact) mass is 259 g/mol. The van der Waals surface area contributed by atoms with Crippen molar-refractivity contribution in [2.45, 2.75) is 19.5 Å². The fourth-order valence-electron chi connectivity index (χ4n) is 1.98. The molecule has 0 unspecified atom stereocenters. The van der Waals surface area contributed by atoms with E-state index in [-0.39, 0.29) is 0 Å². The van der Waals surface area contributed by atoms with Gasteiger partial charge in [-0.05, 0) is 24.6 Å². The molecule has 0 fully saturated rings. The predicted molar refractivity (Wildman–Crippen MR) is 70.4 cm³/mol. The third kappa shape index (κ3) is 2.24. The lowest BCUT2D eigenvalue weighted by molar-refractivity contribution is 0.569. The highest BCUT2D eigenvalue weighted by molar-refractivity contribution is 6.31. The minimum absolute atomic E-state index is 0.708. The van der Waals surface area contributed by atoms with E-state index in [1.165, 1.54) is 0 Å². The van der Waals surface area contributed by atoms with Crippen LogP contribution in [0.2, 0.25) is 5.02 Å². The van der Waals surface area contributed by atoms with Gasteiger partial charge in [0.1, 0.15) is 0 Å². The maximum absolute atomic E-state index is 5.93. The highest BCUT2D eigenvalue weighted by Crippen LogP contribution is 2.18. The van der Waals surface area contributed by atoms with Gasteiger partial charge in [0.25, 0.3) is 0 Å². The summed E-state index contributed by atoms with van der Waals surface area (Å²) in [5.41, 5.74) is 1.97. The lowest BCUT2D eigenvalue weighted by Gasteiger charge is -2.04. The van der Waals surface area contributed by atoms with Crippen molar-refractivity contribution in [3.63, 3.8) is 0 Å². The van der Waals surface area contributed by atoms with Crippen molar-refractivity contribution >= 4 is 22.6 Å². The van der Waals surface area contributed by atoms with Crippen LogP contribution in [0, 0.1) is 6.33 Å². The summed E-state index contributed by atoms with van der Waals surface area (Å²) in [6.07, 6.45) is 9.61. The van der Waals surface area contributed by atoms with Gasteiger partial charge in [-0.15, -0.1) is 0 Å². The zero-order valence-corrected chi connectivity index (χ0v) is 10.5. The molecular formula is C13H12ClN4. The standard InChI is InChI=1S/C13H12ClN4/c14-11-2-3-13-12(8-11)16-10-18(13)6-1-5-17-7-4-15-9-17/h2-4,7-9H,1,5-6H2. The first kappa shape index (κ1) is 11.3. The van der Waals surface area contributed by atoms with E-state index in [4.69, 9.17) is 11.6 Å². The lowest BCUT2D eigenvalue weighted by Crippen LogP contribution is -2.02. The van der Waals surface area contributed by atoms with Crippen molar-refractivity contribution in [3.8, 4) is 0 Å². The number of aromatic nitrogens is 4. The largest absolute Gasteiger partial charge is 0.337 e. The minimum atomic E-state index is 0.708. The van der Waals surface area contributed by atoms with Gasteiger partial charge in [0.15, 0.2) is 6.33 Å². The zero-order valence-electron chi connectivity index (χ0n) is 9.75. The highest BCUT2D eigenvalue weighted by Gasteiger charge is 2.03. The van der Waals surface area contributed by atoms with Crippen LogP contribution >= 0.6 is 11.6 Å². The number of imidazole rings is 2. The molecule has 0 bridgehead atoms. The molecule has 0 saturated heterocycles. The van der Waals surface area contributed by atoms with Crippen LogP contribution < -0.4 is 0 Å². The van der Waals surface area contributed by atoms with Gasteiger partial charge >= 0.3 is 0 Å². The molecule has 1 radical (unpaired) electrons. The Labute approximate surface area is 110 Å². The van der Waals surface area contributed by atoms with Crippen LogP contribution in [0.4, 0.5) is 0 Å². The Kier molecular flexibility index (Phi) is 3.02. The number of benzene rings is 1. The number of nitrogens with zero attached hydrogens (tertiary/aromatic N) is 4. The molecule has 2 aromatic heterocycles. The fraction of sp³-hybridized carbons (Fsp3) is 0.231. The fourth-order valence-corrected chi connectivity index (χ4v) is 2.15. The molecule has 0 aliphatic heterocycles. The molecular weight excluding hydrogens is 248 g/mol. The molecule has 4 nitrogen and oxygen atoms in total. The molecule has 0 saturated carbocycles. The van der Waals surface area contributed by atoms with Crippen molar-refractivity contribution in [3.05, 3.63) is 48.3 Å². The highest BCUT2D eigenvalue weighted by atomic mass is 35.5. The van der Waals surface area contributed by atoms with Crippen molar-refractivity contribution in [1.29, 1.82) is 0 Å². The summed E-state index contributed by atoms with van der Waals surface area (Å²) >= 11 is 5.93. The SMILES string of the molecule is Clc1ccc2c(c1)n[c]n2CCCn1ccnc1. The number of fused-ring (bicyclic) bond motifs is 1. The molecule has 0 atom stereocenters. The van der Waals surface area contributed by atoms with Gasteiger partial charge in [0.2, 0.25) is 0 Å². The zero-order chi connectivity index (χ0) is 12.4. The van der Waals surface area contributed by atoms with Crippen LogP contribution in [0.15, 0.2) is 36.9 Å². The van der Waals surface area contributed by atoms with Gasteiger partial charge in [-0.1, -0.05) is 11.6 Å². The average Bonchev–Trinajstić information content (AvgIpc) is 2.99. The first-order valence-electron chi connectivity index (χ1n) is 5.82. The summed E-state index contributed by atoms with van der Waals surface area (Å²) in [5.74, 6) is 0. The molecule has 0 aliphatic rings. The van der Waals surface area contributed by atoms with Crippen molar-refractivity contribution in [2.75, 3.05) is 0 Å². The lowest BCUT2D eigenvalue weighted by atomic mass is 10.3. The van der Waals surface area contributed by atoms with Gasteiger partial charge in [-0.25, -0.2) is 9.97 Å². The van der Waals surface area contributed by atoms with Crippen LogP contribution in [0.3, 0.4) is 0 Å². The molecule has 91 valence electrons. The third-order valence-corrected chi connectivity index (χ3v) is 3.11. The summed E-state index contributed by atoms with van der Waals surface area (Å²) in [4.78, 5) is 8.25. The molecule has 0 aliphatic carbocycles. The van der Waals surface area contributed by atoms with Crippen LogP contribution in [-0.4, -0.2) is 19.1 Å². The second-order valence-electron chi connectivity index (χ2n) is 4.15. The molecule has 1 aromatic carbocycles. The first-order chi connectivity index (χ1) is 8.83. The number of rotatable bonds is 4. The van der Waals surface area contributed by atoms with Gasteiger partial charge in [0.05, 0.1) is 17.4 Å². The van der Waals surface area contributed by atoms with Crippen LogP contribution in [0.5, 0.6) is 0 Å². The van der Waals surface area contributed by atoms with Crippen molar-refractivity contribution in [2.24, 2.45) is 0 Å². The van der Waals surface area contributed by atoms with Crippen molar-refractivity contribution < 1.29 is 0 Å². The second kappa shape index (κ2) is 4.82. The molecule has 3 aromatic rings. The maximum Gasteiger partial charge on any atom is 0.177 e. The smallest absolute Gasteiger partial charge is 0.177 e. The Hall–Kier alpha value is -1.81. The summed E-state index contributed by atoms with van der Waals surface area (Å²) in [7, 11) is 0. The molecule has 3 rings (SSSR count). The Morgan fingerprint density at radius 3 is 3.06 bits per heavy atom. The maximum atomic E-state index is 5.93. The normalized spacial score (nSPS) is 11.2. The van der Waals surface area contributed by atoms with E-state index in [1.54, 1.807) is 6.20 Å². The molecule has 18 heavy (non-hydrogen) atoms. The first-order valence-corrected chi connectivity index (χ1v) is 6.20. The van der Waals surface area contributed by atoms with E-state index in [1.807, 2.05) is 35.3 Å². The van der Waals surface area contributed by atoms with Crippen LogP contribution in [0.1, 0.15) is 6.42 Å². The molecule has 2 heterocycles. The topological polar surface area (TPSA) is 35.6 Å². The summed E-state index contributed by atoms with van der Waals surface area (Å²) in [6.45, 7) is 1.83. The average molecular weight is 260 g/mol. The van der Waals surface area contributed by atoms with Crippen molar-refractivity contribution in [1.82, 2.24) is 19.1 Å². The van der Waals surface area contributed by atoms with Gasteiger partial charge in [-0.3, -0.25) is 0 Å². The Balaban J connectivity index is 1.71. The Morgan fingerprint density at radius 2 is 2.22 bits per heavy atom. The van der Waals surface area contributed by atoms with Gasteiger partial charge < -0.3 is 9.13 Å². The molecule has 0 spiro atoms. The van der Waals surface area contributed by atoms with E-state index in [9.17, 15) is 0 Å². The molecule has 0 amide bonds. The number of hydrogen-bond acceptors (Lipinski definition) is 2. The van der Waals surface area contributed by atoms with E-state index >= 15 is 0 Å². The molecule has 5 heteroatoms. The van der Waals surface area contributed by atoms with E-state index < -0.39 is 0 Å². The summed E-state index contributed by atoms with van der Waals surface area (Å²) in [5, 5.41) is 0.708. The van der Waals surface area contributed by atoms with Gasteiger partial charge in [0, 0.05) is 30.5 Å². The molecule has 0 N–H and O–H groups in total. The number of aryl methyl sites for hydroxylation is 2. The van der Waals surface area contributed by atoms with E-state index in [0.29, 0.717) is 5.02 Å². The minimum Gasteiger partial charge on any atom is -0.337 e. The third-order valence-electron chi connectivity index (χ3n) is 2.88. The van der Waals surface area contributed by atoms with E-state index in [2.05, 4.69) is 20.9 Å². The Bertz CT molecular complexity index is 642. The Morgan fingerprint density at radius 1 is 1.28 bits per heavy atom. The van der Waals surface area contributed by atoms with E-state index in [0.717, 1.165) is 30.5 Å². The summed E-state index contributed by atoms with van der Waals surface area (Å²) < 4.78 is 4.10. The number of hydrogen-bond donors (Lipinski definition) is 0. The van der Waals surface area contributed by atoms with Gasteiger partial charge in [-0.2, -0.15) is 0 Å². The predicted octanol–water partition coefficient (Wildman–Crippen LogP) is 2.78. The quantitative estimate of drug-likeness (QED) is 0.722. The summed E-state index contributed by atoms with van der Waals surface area (Å²) in [6, 6.07) is 5.73.